The van der Waals surface area contributed by atoms with E-state index in [-0.39, 0.29) is 5.91 Å². The Bertz CT molecular complexity index is 873. The van der Waals surface area contributed by atoms with Crippen LogP contribution in [0.3, 0.4) is 0 Å². The number of carbonyl (C=O) groups excluding carboxylic acids is 1. The van der Waals surface area contributed by atoms with E-state index in [0.29, 0.717) is 12.2 Å². The summed E-state index contributed by atoms with van der Waals surface area (Å²) in [6, 6.07) is 23.7. The third-order valence-corrected chi connectivity index (χ3v) is 4.93. The van der Waals surface area contributed by atoms with Gasteiger partial charge in [0.15, 0.2) is 0 Å². The van der Waals surface area contributed by atoms with Crippen LogP contribution in [-0.2, 0) is 6.54 Å². The van der Waals surface area contributed by atoms with Crippen LogP contribution in [0.25, 0.3) is 0 Å². The van der Waals surface area contributed by atoms with Crippen molar-refractivity contribution in [3.05, 3.63) is 90.3 Å². The van der Waals surface area contributed by atoms with E-state index >= 15 is 0 Å². The number of amides is 1. The summed E-state index contributed by atoms with van der Waals surface area (Å²) in [5, 5.41) is 0. The van der Waals surface area contributed by atoms with E-state index in [1.54, 1.807) is 4.90 Å². The van der Waals surface area contributed by atoms with Gasteiger partial charge in [0.1, 0.15) is 5.69 Å². The molecular weight excluding hydrogens is 334 g/mol. The second kappa shape index (κ2) is 8.04. The van der Waals surface area contributed by atoms with Gasteiger partial charge in [-0.05, 0) is 42.7 Å². The lowest BCUT2D eigenvalue weighted by atomic mass is 10.1. The minimum Gasteiger partial charge on any atom is -0.370 e. The molecule has 0 spiro atoms. The van der Waals surface area contributed by atoms with Crippen molar-refractivity contribution in [3.63, 3.8) is 0 Å². The van der Waals surface area contributed by atoms with Crippen LogP contribution in [0.2, 0.25) is 0 Å². The molecule has 136 valence electrons. The quantitative estimate of drug-likeness (QED) is 0.673. The van der Waals surface area contributed by atoms with Crippen LogP contribution in [0.1, 0.15) is 28.9 Å². The minimum absolute atomic E-state index is 0.0852. The molecular formula is C23H23N3O. The lowest BCUT2D eigenvalue weighted by Gasteiger charge is -2.23. The first-order valence-electron chi connectivity index (χ1n) is 9.43. The van der Waals surface area contributed by atoms with Gasteiger partial charge in [0, 0.05) is 18.8 Å². The summed E-state index contributed by atoms with van der Waals surface area (Å²) in [7, 11) is 0. The third-order valence-electron chi connectivity index (χ3n) is 4.93. The van der Waals surface area contributed by atoms with Gasteiger partial charge in [0.05, 0.1) is 18.4 Å². The van der Waals surface area contributed by atoms with Crippen LogP contribution in [0.4, 0.5) is 11.4 Å². The van der Waals surface area contributed by atoms with Crippen LogP contribution in [0, 0.1) is 0 Å². The molecule has 0 saturated carbocycles. The molecule has 1 aromatic heterocycles. The maximum atomic E-state index is 13.2. The molecule has 0 atom stereocenters. The highest BCUT2D eigenvalue weighted by molar-refractivity contribution is 6.04. The van der Waals surface area contributed by atoms with Crippen molar-refractivity contribution in [2.45, 2.75) is 19.4 Å². The molecule has 1 aliphatic rings. The summed E-state index contributed by atoms with van der Waals surface area (Å²) >= 11 is 0. The molecule has 4 nitrogen and oxygen atoms in total. The molecule has 2 aromatic carbocycles. The number of nitrogens with zero attached hydrogens (tertiary/aromatic N) is 3. The fraction of sp³-hybridized carbons (Fsp3) is 0.217. The van der Waals surface area contributed by atoms with Crippen molar-refractivity contribution in [2.75, 3.05) is 22.9 Å². The van der Waals surface area contributed by atoms with E-state index in [0.717, 1.165) is 30.0 Å². The molecule has 0 radical (unpaired) electrons. The first kappa shape index (κ1) is 17.3. The molecule has 0 aliphatic carbocycles. The summed E-state index contributed by atoms with van der Waals surface area (Å²) in [6.45, 7) is 2.65. The number of benzene rings is 2. The average molecular weight is 357 g/mol. The summed E-state index contributed by atoms with van der Waals surface area (Å²) in [5.74, 6) is -0.0852. The second-order valence-corrected chi connectivity index (χ2v) is 6.81. The van der Waals surface area contributed by atoms with Gasteiger partial charge in [0.2, 0.25) is 0 Å². The van der Waals surface area contributed by atoms with E-state index in [9.17, 15) is 4.79 Å². The van der Waals surface area contributed by atoms with Gasteiger partial charge in [-0.3, -0.25) is 4.79 Å². The number of anilines is 2. The number of hydrogen-bond acceptors (Lipinski definition) is 3. The van der Waals surface area contributed by atoms with E-state index in [1.165, 1.54) is 12.8 Å². The molecule has 1 fully saturated rings. The summed E-state index contributed by atoms with van der Waals surface area (Å²) in [5.41, 5.74) is 3.52. The molecule has 0 bridgehead atoms. The second-order valence-electron chi connectivity index (χ2n) is 6.81. The molecule has 2 heterocycles. The van der Waals surface area contributed by atoms with Crippen molar-refractivity contribution in [1.29, 1.82) is 0 Å². The number of hydrogen-bond donors (Lipinski definition) is 0. The van der Waals surface area contributed by atoms with Crippen molar-refractivity contribution in [3.8, 4) is 0 Å². The Morgan fingerprint density at radius 2 is 1.56 bits per heavy atom. The summed E-state index contributed by atoms with van der Waals surface area (Å²) in [4.78, 5) is 21.8. The third kappa shape index (κ3) is 4.00. The molecule has 4 rings (SSSR count). The van der Waals surface area contributed by atoms with Crippen LogP contribution in [-0.4, -0.2) is 24.0 Å². The number of carbonyl (C=O) groups is 1. The van der Waals surface area contributed by atoms with Gasteiger partial charge >= 0.3 is 0 Å². The number of rotatable bonds is 5. The Balaban J connectivity index is 1.60. The number of aromatic nitrogens is 1. The van der Waals surface area contributed by atoms with Crippen molar-refractivity contribution >= 4 is 17.3 Å². The van der Waals surface area contributed by atoms with E-state index in [2.05, 4.69) is 9.88 Å². The normalized spacial score (nSPS) is 13.6. The molecule has 1 aliphatic heterocycles. The highest BCUT2D eigenvalue weighted by atomic mass is 16.2. The molecule has 27 heavy (non-hydrogen) atoms. The Morgan fingerprint density at radius 1 is 0.889 bits per heavy atom. The average Bonchev–Trinajstić information content (AvgIpc) is 3.28. The smallest absolute Gasteiger partial charge is 0.277 e. The standard InChI is InChI=1S/C23H23N3O/c27-23(22-14-13-21(17-24-22)25-15-7-8-16-25)26(20-11-5-2-6-12-20)18-19-9-3-1-4-10-19/h1-6,9-14,17H,7-8,15-16,18H2. The van der Waals surface area contributed by atoms with Gasteiger partial charge in [-0.1, -0.05) is 48.5 Å². The van der Waals surface area contributed by atoms with Crippen LogP contribution in [0.15, 0.2) is 79.0 Å². The maximum Gasteiger partial charge on any atom is 0.277 e. The van der Waals surface area contributed by atoms with Gasteiger partial charge in [-0.25, -0.2) is 4.98 Å². The van der Waals surface area contributed by atoms with Gasteiger partial charge in [-0.15, -0.1) is 0 Å². The minimum atomic E-state index is -0.0852. The lowest BCUT2D eigenvalue weighted by Crippen LogP contribution is -2.31. The zero-order valence-electron chi connectivity index (χ0n) is 15.3. The monoisotopic (exact) mass is 357 g/mol. The lowest BCUT2D eigenvalue weighted by molar-refractivity contribution is 0.0980. The zero-order valence-corrected chi connectivity index (χ0v) is 15.3. The molecule has 1 saturated heterocycles. The maximum absolute atomic E-state index is 13.2. The van der Waals surface area contributed by atoms with Crippen LogP contribution < -0.4 is 9.80 Å². The molecule has 1 amide bonds. The largest absolute Gasteiger partial charge is 0.370 e. The van der Waals surface area contributed by atoms with Crippen molar-refractivity contribution in [1.82, 2.24) is 4.98 Å². The van der Waals surface area contributed by atoms with Crippen molar-refractivity contribution in [2.24, 2.45) is 0 Å². The molecule has 4 heteroatoms. The zero-order chi connectivity index (χ0) is 18.5. The topological polar surface area (TPSA) is 36.4 Å². The van der Waals surface area contributed by atoms with Crippen molar-refractivity contribution < 1.29 is 4.79 Å². The predicted molar refractivity (Wildman–Crippen MR) is 109 cm³/mol. The Hall–Kier alpha value is -3.14. The van der Waals surface area contributed by atoms with Gasteiger partial charge in [0.25, 0.3) is 5.91 Å². The van der Waals surface area contributed by atoms with Crippen LogP contribution >= 0.6 is 0 Å². The molecule has 0 unspecified atom stereocenters. The number of pyridine rings is 1. The summed E-state index contributed by atoms with van der Waals surface area (Å²) in [6.07, 6.45) is 4.27. The van der Waals surface area contributed by atoms with Crippen LogP contribution in [0.5, 0.6) is 0 Å². The first-order chi connectivity index (χ1) is 13.3. The van der Waals surface area contributed by atoms with Gasteiger partial charge in [-0.2, -0.15) is 0 Å². The Kier molecular flexibility index (Phi) is 5.15. The Labute approximate surface area is 160 Å². The highest BCUT2D eigenvalue weighted by Gasteiger charge is 2.20. The van der Waals surface area contributed by atoms with E-state index < -0.39 is 0 Å². The molecule has 0 N–H and O–H groups in total. The fourth-order valence-corrected chi connectivity index (χ4v) is 3.47. The van der Waals surface area contributed by atoms with E-state index in [4.69, 9.17) is 0 Å². The van der Waals surface area contributed by atoms with E-state index in [1.807, 2.05) is 79.0 Å². The first-order valence-corrected chi connectivity index (χ1v) is 9.43. The Morgan fingerprint density at radius 3 is 2.19 bits per heavy atom. The van der Waals surface area contributed by atoms with Gasteiger partial charge < -0.3 is 9.80 Å². The number of para-hydroxylation sites is 1. The SMILES string of the molecule is O=C(c1ccc(N2CCCC2)cn1)N(Cc1ccccc1)c1ccccc1. The molecule has 3 aromatic rings. The predicted octanol–water partition coefficient (Wildman–Crippen LogP) is 4.53. The highest BCUT2D eigenvalue weighted by Crippen LogP contribution is 2.22. The summed E-state index contributed by atoms with van der Waals surface area (Å²) < 4.78 is 0. The fourth-order valence-electron chi connectivity index (χ4n) is 3.47.